The van der Waals surface area contributed by atoms with E-state index in [0.717, 1.165) is 24.3 Å². The summed E-state index contributed by atoms with van der Waals surface area (Å²) < 4.78 is 5.81. The second kappa shape index (κ2) is 7.34. The molecule has 0 bridgehead atoms. The van der Waals surface area contributed by atoms with Gasteiger partial charge in [0.05, 0.1) is 6.04 Å². The Hall–Kier alpha value is -2.56. The molecule has 1 N–H and O–H groups in total. The molecule has 1 aliphatic heterocycles. The molecule has 1 aromatic carbocycles. The molecule has 126 valence electrons. The van der Waals surface area contributed by atoms with Crippen molar-refractivity contribution in [2.45, 2.75) is 32.2 Å². The number of aromatic nitrogens is 1. The Morgan fingerprint density at radius 3 is 2.83 bits per heavy atom. The van der Waals surface area contributed by atoms with Crippen LogP contribution in [0.15, 0.2) is 47.3 Å². The summed E-state index contributed by atoms with van der Waals surface area (Å²) in [5, 5.41) is 0. The molecule has 2 heterocycles. The van der Waals surface area contributed by atoms with Crippen molar-refractivity contribution in [2.75, 3.05) is 13.2 Å². The molecule has 3 rings (SSSR count). The highest BCUT2D eigenvalue weighted by molar-refractivity contribution is 5.94. The zero-order chi connectivity index (χ0) is 16.9. The van der Waals surface area contributed by atoms with Crippen LogP contribution in [0.4, 0.5) is 0 Å². The molecule has 1 saturated heterocycles. The second-order valence-corrected chi connectivity index (χ2v) is 6.03. The monoisotopic (exact) mass is 326 g/mol. The van der Waals surface area contributed by atoms with E-state index in [0.29, 0.717) is 25.1 Å². The minimum atomic E-state index is -0.228. The van der Waals surface area contributed by atoms with Crippen LogP contribution in [0.1, 0.15) is 35.8 Å². The molecule has 24 heavy (non-hydrogen) atoms. The van der Waals surface area contributed by atoms with Crippen molar-refractivity contribution >= 4 is 5.91 Å². The smallest absolute Gasteiger partial charge is 0.254 e. The largest absolute Gasteiger partial charge is 0.491 e. The van der Waals surface area contributed by atoms with Gasteiger partial charge in [-0.05, 0) is 37.5 Å². The minimum absolute atomic E-state index is 0.0436. The van der Waals surface area contributed by atoms with Crippen molar-refractivity contribution in [3.63, 3.8) is 0 Å². The fourth-order valence-corrected chi connectivity index (χ4v) is 3.07. The van der Waals surface area contributed by atoms with E-state index in [1.165, 1.54) is 6.07 Å². The maximum Gasteiger partial charge on any atom is 0.254 e. The SMILES string of the molecule is CCc1cc(C(=O)N2CCC[C@H]2COc2ccccc2)cc(=O)[nH]1. The number of likely N-dealkylation sites (tertiary alicyclic amines) is 1. The standard InChI is InChI=1S/C19H22N2O3/c1-2-15-11-14(12-18(22)20-15)19(23)21-10-6-7-16(21)13-24-17-8-4-3-5-9-17/h3-5,8-9,11-12,16H,2,6-7,10,13H2,1H3,(H,20,22)/t16-/m0/s1. The van der Waals surface area contributed by atoms with Gasteiger partial charge < -0.3 is 14.6 Å². The first-order valence-corrected chi connectivity index (χ1v) is 8.39. The molecule has 0 spiro atoms. The van der Waals surface area contributed by atoms with E-state index < -0.39 is 0 Å². The number of hydrogen-bond acceptors (Lipinski definition) is 3. The van der Waals surface area contributed by atoms with Crippen molar-refractivity contribution in [3.8, 4) is 5.75 Å². The first kappa shape index (κ1) is 16.3. The van der Waals surface area contributed by atoms with Gasteiger partial charge >= 0.3 is 0 Å². The second-order valence-electron chi connectivity index (χ2n) is 6.03. The molecule has 0 aliphatic carbocycles. The number of rotatable bonds is 5. The number of hydrogen-bond donors (Lipinski definition) is 1. The summed E-state index contributed by atoms with van der Waals surface area (Å²) in [6.07, 6.45) is 2.57. The Morgan fingerprint density at radius 2 is 2.08 bits per heavy atom. The van der Waals surface area contributed by atoms with Gasteiger partial charge in [0, 0.05) is 23.9 Å². The van der Waals surface area contributed by atoms with Crippen LogP contribution < -0.4 is 10.3 Å². The summed E-state index contributed by atoms with van der Waals surface area (Å²) >= 11 is 0. The summed E-state index contributed by atoms with van der Waals surface area (Å²) in [7, 11) is 0. The number of aryl methyl sites for hydroxylation is 1. The van der Waals surface area contributed by atoms with Gasteiger partial charge in [-0.2, -0.15) is 0 Å². The molecule has 0 unspecified atom stereocenters. The van der Waals surface area contributed by atoms with Crippen LogP contribution in [0, 0.1) is 0 Å². The van der Waals surface area contributed by atoms with Gasteiger partial charge in [-0.25, -0.2) is 0 Å². The number of amides is 1. The van der Waals surface area contributed by atoms with Crippen molar-refractivity contribution in [1.82, 2.24) is 9.88 Å². The van der Waals surface area contributed by atoms with Gasteiger partial charge in [0.1, 0.15) is 12.4 Å². The van der Waals surface area contributed by atoms with Gasteiger partial charge in [0.2, 0.25) is 5.56 Å². The fraction of sp³-hybridized carbons (Fsp3) is 0.368. The first-order chi connectivity index (χ1) is 11.7. The number of nitrogens with one attached hydrogen (secondary N) is 1. The lowest BCUT2D eigenvalue weighted by Crippen LogP contribution is -2.39. The Morgan fingerprint density at radius 1 is 1.29 bits per heavy atom. The lowest BCUT2D eigenvalue weighted by molar-refractivity contribution is 0.0691. The summed E-state index contributed by atoms with van der Waals surface area (Å²) in [5.74, 6) is 0.719. The zero-order valence-electron chi connectivity index (χ0n) is 13.8. The van der Waals surface area contributed by atoms with Crippen molar-refractivity contribution in [1.29, 1.82) is 0 Å². The van der Waals surface area contributed by atoms with Gasteiger partial charge in [0.25, 0.3) is 5.91 Å². The van der Waals surface area contributed by atoms with E-state index in [1.54, 1.807) is 6.07 Å². The highest BCUT2D eigenvalue weighted by atomic mass is 16.5. The van der Waals surface area contributed by atoms with Crippen LogP contribution >= 0.6 is 0 Å². The average Bonchev–Trinajstić information content (AvgIpc) is 3.08. The topological polar surface area (TPSA) is 62.4 Å². The van der Waals surface area contributed by atoms with Crippen molar-refractivity contribution in [2.24, 2.45) is 0 Å². The van der Waals surface area contributed by atoms with Crippen LogP contribution in [-0.4, -0.2) is 35.0 Å². The Labute approximate surface area is 141 Å². The maximum absolute atomic E-state index is 12.8. The molecule has 1 atom stereocenters. The van der Waals surface area contributed by atoms with Gasteiger partial charge in [0.15, 0.2) is 0 Å². The Bertz CT molecular complexity index is 755. The van der Waals surface area contributed by atoms with E-state index >= 15 is 0 Å². The summed E-state index contributed by atoms with van der Waals surface area (Å²) in [6.45, 7) is 3.13. The zero-order valence-corrected chi connectivity index (χ0v) is 13.8. The van der Waals surface area contributed by atoms with Crippen LogP contribution in [-0.2, 0) is 6.42 Å². The predicted octanol–water partition coefficient (Wildman–Crippen LogP) is 2.62. The highest BCUT2D eigenvalue weighted by Gasteiger charge is 2.30. The molecular weight excluding hydrogens is 304 g/mol. The van der Waals surface area contributed by atoms with E-state index in [1.807, 2.05) is 42.2 Å². The van der Waals surface area contributed by atoms with Gasteiger partial charge in [-0.3, -0.25) is 9.59 Å². The number of ether oxygens (including phenoxy) is 1. The van der Waals surface area contributed by atoms with Crippen molar-refractivity contribution in [3.05, 3.63) is 64.1 Å². The van der Waals surface area contributed by atoms with Crippen molar-refractivity contribution < 1.29 is 9.53 Å². The van der Waals surface area contributed by atoms with E-state index in [-0.39, 0.29) is 17.5 Å². The molecule has 0 saturated carbocycles. The number of nitrogens with zero attached hydrogens (tertiary/aromatic N) is 1. The third-order valence-electron chi connectivity index (χ3n) is 4.35. The molecule has 5 nitrogen and oxygen atoms in total. The number of benzene rings is 1. The van der Waals surface area contributed by atoms with Gasteiger partial charge in [-0.15, -0.1) is 0 Å². The van der Waals surface area contributed by atoms with E-state index in [9.17, 15) is 9.59 Å². The normalized spacial score (nSPS) is 17.0. The van der Waals surface area contributed by atoms with Gasteiger partial charge in [-0.1, -0.05) is 25.1 Å². The van der Waals surface area contributed by atoms with E-state index in [4.69, 9.17) is 4.74 Å². The molecule has 1 aromatic heterocycles. The Balaban J connectivity index is 1.71. The number of aromatic amines is 1. The summed E-state index contributed by atoms with van der Waals surface area (Å²) in [5.41, 5.74) is 1.01. The summed E-state index contributed by atoms with van der Waals surface area (Å²) in [6, 6.07) is 12.8. The number of carbonyl (C=O) groups is 1. The van der Waals surface area contributed by atoms with Crippen LogP contribution in [0.3, 0.4) is 0 Å². The lowest BCUT2D eigenvalue weighted by atomic mass is 10.1. The maximum atomic E-state index is 12.8. The molecule has 2 aromatic rings. The minimum Gasteiger partial charge on any atom is -0.491 e. The quantitative estimate of drug-likeness (QED) is 0.919. The number of H-pyrrole nitrogens is 1. The molecule has 1 fully saturated rings. The van der Waals surface area contributed by atoms with Crippen LogP contribution in [0.2, 0.25) is 0 Å². The lowest BCUT2D eigenvalue weighted by Gasteiger charge is -2.25. The average molecular weight is 326 g/mol. The van der Waals surface area contributed by atoms with E-state index in [2.05, 4.69) is 4.98 Å². The molecule has 5 heteroatoms. The molecule has 1 amide bonds. The Kier molecular flexibility index (Phi) is 4.99. The molecule has 1 aliphatic rings. The highest BCUT2D eigenvalue weighted by Crippen LogP contribution is 2.21. The van der Waals surface area contributed by atoms with Crippen LogP contribution in [0.5, 0.6) is 5.75 Å². The molecule has 0 radical (unpaired) electrons. The third-order valence-corrected chi connectivity index (χ3v) is 4.35. The number of pyridine rings is 1. The number of para-hydroxylation sites is 1. The summed E-state index contributed by atoms with van der Waals surface area (Å²) in [4.78, 5) is 29.1. The fourth-order valence-electron chi connectivity index (χ4n) is 3.07. The third kappa shape index (κ3) is 3.67. The first-order valence-electron chi connectivity index (χ1n) is 8.39. The van der Waals surface area contributed by atoms with Crippen LogP contribution in [0.25, 0.3) is 0 Å². The number of carbonyl (C=O) groups excluding carboxylic acids is 1. The predicted molar refractivity (Wildman–Crippen MR) is 92.4 cm³/mol. The molecular formula is C19H22N2O3.